The fraction of sp³-hybridized carbons (Fsp3) is 0.767. The number of hydrogen-bond donors (Lipinski definition) is 6. The first-order valence-corrected chi connectivity index (χ1v) is 34.5. The topological polar surface area (TPSA) is 149 Å². The van der Waals surface area contributed by atoms with Crippen molar-refractivity contribution in [3.05, 3.63) is 97.2 Å². The van der Waals surface area contributed by atoms with Gasteiger partial charge in [-0.2, -0.15) is 0 Å². The molecular formula is C73H129NO8. The van der Waals surface area contributed by atoms with Crippen LogP contribution in [0.4, 0.5) is 0 Å². The molecule has 1 fully saturated rings. The Morgan fingerprint density at radius 3 is 1.17 bits per heavy atom. The summed E-state index contributed by atoms with van der Waals surface area (Å²) in [5, 5.41) is 54.7. The van der Waals surface area contributed by atoms with Crippen molar-refractivity contribution >= 4 is 5.91 Å². The van der Waals surface area contributed by atoms with Crippen molar-refractivity contribution in [2.45, 2.75) is 346 Å². The molecule has 7 unspecified atom stereocenters. The molecule has 474 valence electrons. The highest BCUT2D eigenvalue weighted by Gasteiger charge is 2.44. The predicted molar refractivity (Wildman–Crippen MR) is 350 cm³/mol. The number of amides is 1. The molecule has 1 amide bonds. The monoisotopic (exact) mass is 1150 g/mol. The van der Waals surface area contributed by atoms with Crippen LogP contribution < -0.4 is 5.32 Å². The molecule has 1 aliphatic rings. The number of rotatable bonds is 59. The summed E-state index contributed by atoms with van der Waals surface area (Å²) in [5.74, 6) is -0.196. The van der Waals surface area contributed by atoms with Crippen LogP contribution in [0.25, 0.3) is 0 Å². The molecule has 9 heteroatoms. The second-order valence-electron chi connectivity index (χ2n) is 23.6. The number of carbonyl (C=O) groups excluding carboxylic acids is 1. The van der Waals surface area contributed by atoms with Gasteiger partial charge in [0, 0.05) is 6.42 Å². The Kier molecular flexibility index (Phi) is 57.6. The lowest BCUT2D eigenvalue weighted by Crippen LogP contribution is -2.60. The highest BCUT2D eigenvalue weighted by Crippen LogP contribution is 2.23. The molecule has 0 aromatic heterocycles. The normalized spacial score (nSPS) is 18.9. The molecule has 6 N–H and O–H groups in total. The fourth-order valence-corrected chi connectivity index (χ4v) is 10.5. The SMILES string of the molecule is CC/C=C\C/C=C\C/C=C\C/C=C\C/C=C\C/C=C\CCCCCCCCCCC(=O)NC(COC1OC(CO)C(O)C(O)C1O)C(O)/C=C/CC/C=C/CCCCCCCCCCCCCCCCCCCCCCCCCCCC. The number of aliphatic hydroxyl groups excluding tert-OH is 5. The molecule has 1 aliphatic heterocycles. The van der Waals surface area contributed by atoms with Crippen LogP contribution >= 0.6 is 0 Å². The van der Waals surface area contributed by atoms with Gasteiger partial charge in [0.05, 0.1) is 25.4 Å². The molecule has 0 aromatic carbocycles. The molecule has 0 spiro atoms. The van der Waals surface area contributed by atoms with Gasteiger partial charge in [-0.3, -0.25) is 4.79 Å². The van der Waals surface area contributed by atoms with Crippen molar-refractivity contribution in [2.24, 2.45) is 0 Å². The second kappa shape index (κ2) is 61.2. The van der Waals surface area contributed by atoms with Gasteiger partial charge in [0.15, 0.2) is 6.29 Å². The van der Waals surface area contributed by atoms with Crippen LogP contribution in [0.3, 0.4) is 0 Å². The minimum atomic E-state index is -1.58. The Bertz CT molecular complexity index is 1620. The van der Waals surface area contributed by atoms with Crippen molar-refractivity contribution in [1.29, 1.82) is 0 Å². The summed E-state index contributed by atoms with van der Waals surface area (Å²) in [6.45, 7) is 3.67. The number of carbonyl (C=O) groups is 1. The molecule has 1 saturated heterocycles. The van der Waals surface area contributed by atoms with Crippen LogP contribution in [0, 0.1) is 0 Å². The average molecular weight is 1150 g/mol. The first kappa shape index (κ1) is 77.1. The highest BCUT2D eigenvalue weighted by atomic mass is 16.7. The third-order valence-corrected chi connectivity index (χ3v) is 15.9. The Morgan fingerprint density at radius 2 is 0.768 bits per heavy atom. The number of hydrogen-bond acceptors (Lipinski definition) is 8. The zero-order chi connectivity index (χ0) is 59.3. The van der Waals surface area contributed by atoms with E-state index in [2.05, 4.69) is 104 Å². The van der Waals surface area contributed by atoms with Crippen LogP contribution in [-0.4, -0.2) is 87.5 Å². The van der Waals surface area contributed by atoms with Gasteiger partial charge in [-0.15, -0.1) is 0 Å². The smallest absolute Gasteiger partial charge is 0.220 e. The van der Waals surface area contributed by atoms with Gasteiger partial charge in [-0.1, -0.05) is 310 Å². The van der Waals surface area contributed by atoms with Crippen LogP contribution in [0.5, 0.6) is 0 Å². The standard InChI is InChI=1S/C73H129NO8/c1-3-5-7-9-11-13-15-17-19-21-23-25-27-29-31-32-33-34-35-37-38-40-42-44-46-48-50-52-54-56-58-60-62-67(76)66(65-81-73-72(80)71(79)70(78)68(64-75)82-73)74-69(77)63-61-59-57-55-53-51-49-47-45-43-41-39-36-30-28-26-24-22-20-18-16-14-12-10-8-6-4-2/h6,8,12,14,18,20,24,26,30,36,41,43,52,54,60,62,66-68,70-73,75-76,78-80H,3-5,7,9-11,13,15-17,19,21-23,25,27-29,31-35,37-40,42,44-51,53,55-59,61,63-65H2,1-2H3,(H,74,77)/b8-6-,14-12-,20-18-,26-24-,36-30-,43-41-,54-52+,62-60+. The average Bonchev–Trinajstić information content (AvgIpc) is 3.53. The third-order valence-electron chi connectivity index (χ3n) is 15.9. The quantitative estimate of drug-likeness (QED) is 0.0261. The van der Waals surface area contributed by atoms with E-state index in [1.54, 1.807) is 6.08 Å². The lowest BCUT2D eigenvalue weighted by atomic mass is 9.99. The van der Waals surface area contributed by atoms with Gasteiger partial charge in [0.2, 0.25) is 5.91 Å². The van der Waals surface area contributed by atoms with Gasteiger partial charge in [-0.05, 0) is 83.5 Å². The summed E-state index contributed by atoms with van der Waals surface area (Å²) < 4.78 is 11.3. The number of ether oxygens (including phenoxy) is 2. The largest absolute Gasteiger partial charge is 0.394 e. The molecule has 0 aromatic rings. The van der Waals surface area contributed by atoms with E-state index in [1.165, 1.54) is 193 Å². The summed E-state index contributed by atoms with van der Waals surface area (Å²) in [5.41, 5.74) is 0. The maximum absolute atomic E-state index is 13.1. The summed E-state index contributed by atoms with van der Waals surface area (Å²) in [6, 6.07) is -0.835. The molecule has 7 atom stereocenters. The van der Waals surface area contributed by atoms with Gasteiger partial charge < -0.3 is 40.3 Å². The van der Waals surface area contributed by atoms with Crippen LogP contribution in [0.1, 0.15) is 303 Å². The molecule has 0 bridgehead atoms. The first-order valence-electron chi connectivity index (χ1n) is 34.5. The lowest BCUT2D eigenvalue weighted by Gasteiger charge is -2.40. The van der Waals surface area contributed by atoms with Crippen LogP contribution in [0.2, 0.25) is 0 Å². The number of aliphatic hydroxyl groups is 5. The van der Waals surface area contributed by atoms with Crippen LogP contribution in [-0.2, 0) is 14.3 Å². The molecule has 82 heavy (non-hydrogen) atoms. The van der Waals surface area contributed by atoms with E-state index in [9.17, 15) is 30.3 Å². The van der Waals surface area contributed by atoms with E-state index >= 15 is 0 Å². The van der Waals surface area contributed by atoms with Crippen molar-refractivity contribution in [1.82, 2.24) is 5.32 Å². The Morgan fingerprint density at radius 1 is 0.427 bits per heavy atom. The maximum atomic E-state index is 13.1. The maximum Gasteiger partial charge on any atom is 0.220 e. The summed E-state index contributed by atoms with van der Waals surface area (Å²) in [7, 11) is 0. The first-order chi connectivity index (χ1) is 40.3. The van der Waals surface area contributed by atoms with Gasteiger partial charge >= 0.3 is 0 Å². The molecule has 0 aliphatic carbocycles. The third kappa shape index (κ3) is 49.4. The summed E-state index contributed by atoms with van der Waals surface area (Å²) >= 11 is 0. The Hall–Kier alpha value is -2.89. The van der Waals surface area contributed by atoms with Crippen LogP contribution in [0.15, 0.2) is 97.2 Å². The van der Waals surface area contributed by atoms with E-state index in [4.69, 9.17) is 9.47 Å². The molecule has 1 heterocycles. The molecule has 9 nitrogen and oxygen atoms in total. The number of nitrogens with one attached hydrogen (secondary N) is 1. The Labute approximate surface area is 504 Å². The number of allylic oxidation sites excluding steroid dienone is 15. The summed E-state index contributed by atoms with van der Waals surface area (Å²) in [6.07, 6.45) is 82.2. The van der Waals surface area contributed by atoms with E-state index in [0.29, 0.717) is 6.42 Å². The molecule has 0 radical (unpaired) electrons. The van der Waals surface area contributed by atoms with Crippen molar-refractivity contribution in [3.8, 4) is 0 Å². The van der Waals surface area contributed by atoms with E-state index in [0.717, 1.165) is 89.9 Å². The number of unbranched alkanes of at least 4 members (excludes halogenated alkanes) is 35. The molecular weight excluding hydrogens is 1020 g/mol. The lowest BCUT2D eigenvalue weighted by molar-refractivity contribution is -0.302. The van der Waals surface area contributed by atoms with Crippen molar-refractivity contribution in [2.75, 3.05) is 13.2 Å². The predicted octanol–water partition coefficient (Wildman–Crippen LogP) is 18.7. The summed E-state index contributed by atoms with van der Waals surface area (Å²) in [4.78, 5) is 13.1. The van der Waals surface area contributed by atoms with E-state index < -0.39 is 49.5 Å². The van der Waals surface area contributed by atoms with E-state index in [-0.39, 0.29) is 12.5 Å². The zero-order valence-corrected chi connectivity index (χ0v) is 53.0. The van der Waals surface area contributed by atoms with Gasteiger partial charge in [0.25, 0.3) is 0 Å². The van der Waals surface area contributed by atoms with Crippen molar-refractivity contribution < 1.29 is 39.8 Å². The Balaban J connectivity index is 2.18. The highest BCUT2D eigenvalue weighted by molar-refractivity contribution is 5.76. The second-order valence-corrected chi connectivity index (χ2v) is 23.6. The van der Waals surface area contributed by atoms with E-state index in [1.807, 2.05) is 6.08 Å². The minimum absolute atomic E-state index is 0.196. The van der Waals surface area contributed by atoms with Gasteiger partial charge in [-0.25, -0.2) is 0 Å². The minimum Gasteiger partial charge on any atom is -0.394 e. The molecule has 1 rings (SSSR count). The molecule has 0 saturated carbocycles. The van der Waals surface area contributed by atoms with Crippen molar-refractivity contribution in [3.63, 3.8) is 0 Å². The van der Waals surface area contributed by atoms with Gasteiger partial charge in [0.1, 0.15) is 24.4 Å². The zero-order valence-electron chi connectivity index (χ0n) is 53.0. The fourth-order valence-electron chi connectivity index (χ4n) is 10.5.